The fourth-order valence-corrected chi connectivity index (χ4v) is 2.02. The van der Waals surface area contributed by atoms with Crippen LogP contribution in [0.1, 0.15) is 33.1 Å². The van der Waals surface area contributed by atoms with Gasteiger partial charge in [-0.15, -0.1) is 0 Å². The van der Waals surface area contributed by atoms with Crippen LogP contribution in [-0.4, -0.2) is 37.6 Å². The molecule has 78 valence electrons. The summed E-state index contributed by atoms with van der Waals surface area (Å²) in [6.45, 7) is 5.80. The van der Waals surface area contributed by atoms with Gasteiger partial charge in [0.05, 0.1) is 0 Å². The van der Waals surface area contributed by atoms with E-state index in [0.717, 1.165) is 18.5 Å². The predicted molar refractivity (Wildman–Crippen MR) is 58.0 cm³/mol. The zero-order chi connectivity index (χ0) is 9.84. The minimum absolute atomic E-state index is 0.706. The van der Waals surface area contributed by atoms with E-state index in [4.69, 9.17) is 0 Å². The second-order valence-corrected chi connectivity index (χ2v) is 4.53. The Bertz CT molecular complexity index is 143. The molecule has 0 bridgehead atoms. The Morgan fingerprint density at radius 1 is 1.38 bits per heavy atom. The average Bonchev–Trinajstić information content (AvgIpc) is 2.00. The van der Waals surface area contributed by atoms with Gasteiger partial charge in [-0.1, -0.05) is 13.3 Å². The van der Waals surface area contributed by atoms with Gasteiger partial charge in [0.2, 0.25) is 0 Å². The summed E-state index contributed by atoms with van der Waals surface area (Å²) in [4.78, 5) is 2.56. The third-order valence-electron chi connectivity index (χ3n) is 3.64. The molecule has 0 heterocycles. The van der Waals surface area contributed by atoms with Crippen LogP contribution in [-0.2, 0) is 0 Å². The second-order valence-electron chi connectivity index (χ2n) is 4.53. The number of rotatable bonds is 5. The second kappa shape index (κ2) is 4.97. The van der Waals surface area contributed by atoms with Crippen LogP contribution < -0.4 is 5.32 Å². The number of hydrogen-bond acceptors (Lipinski definition) is 2. The molecule has 1 N–H and O–H groups in total. The summed E-state index contributed by atoms with van der Waals surface area (Å²) in [6, 6.07) is 1.58. The van der Waals surface area contributed by atoms with E-state index in [-0.39, 0.29) is 0 Å². The number of hydrogen-bond donors (Lipinski definition) is 1. The number of nitrogens with zero attached hydrogens (tertiary/aromatic N) is 1. The molecule has 1 rings (SSSR count). The summed E-state index contributed by atoms with van der Waals surface area (Å²) < 4.78 is 0. The molecule has 0 aromatic carbocycles. The highest BCUT2D eigenvalue weighted by molar-refractivity contribution is 4.83. The monoisotopic (exact) mass is 184 g/mol. The largest absolute Gasteiger partial charge is 0.319 e. The van der Waals surface area contributed by atoms with Gasteiger partial charge in [-0.3, -0.25) is 0 Å². The van der Waals surface area contributed by atoms with Gasteiger partial charge in [0, 0.05) is 12.1 Å². The van der Waals surface area contributed by atoms with E-state index in [9.17, 15) is 0 Å². The molecule has 1 aliphatic carbocycles. The topological polar surface area (TPSA) is 15.3 Å². The summed E-state index contributed by atoms with van der Waals surface area (Å²) in [6.07, 6.45) is 4.25. The van der Waals surface area contributed by atoms with Crippen molar-refractivity contribution in [3.63, 3.8) is 0 Å². The molecule has 0 aromatic heterocycles. The Kier molecular flexibility index (Phi) is 4.20. The van der Waals surface area contributed by atoms with Gasteiger partial charge in [0.25, 0.3) is 0 Å². The van der Waals surface area contributed by atoms with Crippen molar-refractivity contribution in [3.05, 3.63) is 0 Å². The molecule has 13 heavy (non-hydrogen) atoms. The highest BCUT2D eigenvalue weighted by Gasteiger charge is 2.27. The van der Waals surface area contributed by atoms with E-state index in [1.54, 1.807) is 0 Å². The zero-order valence-corrected chi connectivity index (χ0v) is 9.51. The molecular weight excluding hydrogens is 160 g/mol. The average molecular weight is 184 g/mol. The van der Waals surface area contributed by atoms with Gasteiger partial charge in [0.15, 0.2) is 0 Å². The first-order valence-electron chi connectivity index (χ1n) is 5.53. The normalized spacial score (nSPS) is 22.8. The van der Waals surface area contributed by atoms with Crippen LogP contribution in [0.5, 0.6) is 0 Å². The Balaban J connectivity index is 2.31. The summed E-state index contributed by atoms with van der Waals surface area (Å²) in [5.74, 6) is 0.746. The van der Waals surface area contributed by atoms with Gasteiger partial charge < -0.3 is 10.2 Å². The first-order valence-corrected chi connectivity index (χ1v) is 5.53. The third-order valence-corrected chi connectivity index (χ3v) is 3.64. The van der Waals surface area contributed by atoms with Crippen molar-refractivity contribution in [3.8, 4) is 0 Å². The van der Waals surface area contributed by atoms with Crippen molar-refractivity contribution in [1.82, 2.24) is 10.2 Å². The SMILES string of the molecule is CNCC(C)C(C)N(C)C1CCC1. The summed E-state index contributed by atoms with van der Waals surface area (Å²) >= 11 is 0. The van der Waals surface area contributed by atoms with E-state index in [2.05, 4.69) is 31.1 Å². The van der Waals surface area contributed by atoms with Crippen LogP contribution in [0.4, 0.5) is 0 Å². The molecule has 0 saturated heterocycles. The van der Waals surface area contributed by atoms with Crippen LogP contribution in [0.15, 0.2) is 0 Å². The molecular formula is C11H24N2. The van der Waals surface area contributed by atoms with Gasteiger partial charge in [0.1, 0.15) is 0 Å². The zero-order valence-electron chi connectivity index (χ0n) is 9.51. The molecule has 1 saturated carbocycles. The Labute approximate surface area is 82.7 Å². The van der Waals surface area contributed by atoms with Crippen molar-refractivity contribution in [2.24, 2.45) is 5.92 Å². The molecule has 0 spiro atoms. The van der Waals surface area contributed by atoms with Crippen molar-refractivity contribution in [1.29, 1.82) is 0 Å². The molecule has 2 heteroatoms. The Morgan fingerprint density at radius 3 is 2.38 bits per heavy atom. The highest BCUT2D eigenvalue weighted by atomic mass is 15.2. The standard InChI is InChI=1S/C11H24N2/c1-9(8-12-3)10(2)13(4)11-6-5-7-11/h9-12H,5-8H2,1-4H3. The molecule has 2 unspecified atom stereocenters. The van der Waals surface area contributed by atoms with E-state index < -0.39 is 0 Å². The summed E-state index contributed by atoms with van der Waals surface area (Å²) in [7, 11) is 4.31. The lowest BCUT2D eigenvalue weighted by atomic mass is 9.89. The van der Waals surface area contributed by atoms with Crippen molar-refractivity contribution in [2.75, 3.05) is 20.6 Å². The van der Waals surface area contributed by atoms with E-state index in [1.165, 1.54) is 19.3 Å². The van der Waals surface area contributed by atoms with E-state index >= 15 is 0 Å². The molecule has 0 radical (unpaired) electrons. The van der Waals surface area contributed by atoms with Gasteiger partial charge in [-0.2, -0.15) is 0 Å². The Hall–Kier alpha value is -0.0800. The molecule has 0 aliphatic heterocycles. The van der Waals surface area contributed by atoms with Gasteiger partial charge >= 0.3 is 0 Å². The minimum atomic E-state index is 0.706. The van der Waals surface area contributed by atoms with Crippen LogP contribution in [0, 0.1) is 5.92 Å². The molecule has 0 aromatic rings. The molecule has 0 amide bonds. The summed E-state index contributed by atoms with van der Waals surface area (Å²) in [5, 5.41) is 3.25. The molecule has 1 fully saturated rings. The molecule has 2 atom stereocenters. The highest BCUT2D eigenvalue weighted by Crippen LogP contribution is 2.26. The van der Waals surface area contributed by atoms with Crippen LogP contribution >= 0.6 is 0 Å². The fourth-order valence-electron chi connectivity index (χ4n) is 2.02. The van der Waals surface area contributed by atoms with Gasteiger partial charge in [-0.25, -0.2) is 0 Å². The number of nitrogens with one attached hydrogen (secondary N) is 1. The third kappa shape index (κ3) is 2.68. The first-order chi connectivity index (χ1) is 6.16. The molecule has 1 aliphatic rings. The van der Waals surface area contributed by atoms with E-state index in [0.29, 0.717) is 6.04 Å². The maximum absolute atomic E-state index is 3.25. The predicted octanol–water partition coefficient (Wildman–Crippen LogP) is 1.71. The lowest BCUT2D eigenvalue weighted by molar-refractivity contribution is 0.0902. The van der Waals surface area contributed by atoms with E-state index in [1.807, 2.05) is 7.05 Å². The summed E-state index contributed by atoms with van der Waals surface area (Å²) in [5.41, 5.74) is 0. The maximum atomic E-state index is 3.25. The van der Waals surface area contributed by atoms with Gasteiger partial charge in [-0.05, 0) is 46.3 Å². The minimum Gasteiger partial charge on any atom is -0.319 e. The lowest BCUT2D eigenvalue weighted by Crippen LogP contribution is -2.46. The quantitative estimate of drug-likeness (QED) is 0.700. The van der Waals surface area contributed by atoms with Crippen LogP contribution in [0.3, 0.4) is 0 Å². The first kappa shape index (κ1) is 11.0. The Morgan fingerprint density at radius 2 is 2.00 bits per heavy atom. The van der Waals surface area contributed by atoms with Crippen molar-refractivity contribution in [2.45, 2.75) is 45.2 Å². The van der Waals surface area contributed by atoms with Crippen LogP contribution in [0.2, 0.25) is 0 Å². The fraction of sp³-hybridized carbons (Fsp3) is 1.00. The smallest absolute Gasteiger partial charge is 0.0104 e. The van der Waals surface area contributed by atoms with Crippen LogP contribution in [0.25, 0.3) is 0 Å². The maximum Gasteiger partial charge on any atom is 0.0104 e. The lowest BCUT2D eigenvalue weighted by Gasteiger charge is -2.41. The van der Waals surface area contributed by atoms with Crippen molar-refractivity contribution < 1.29 is 0 Å². The molecule has 2 nitrogen and oxygen atoms in total. The van der Waals surface area contributed by atoms with Crippen molar-refractivity contribution >= 4 is 0 Å².